The molecule has 1 fully saturated rings. The topological polar surface area (TPSA) is 113 Å². The lowest BCUT2D eigenvalue weighted by Crippen LogP contribution is -2.45. The zero-order chi connectivity index (χ0) is 18.2. The van der Waals surface area contributed by atoms with Crippen molar-refractivity contribution in [3.63, 3.8) is 0 Å². The van der Waals surface area contributed by atoms with Crippen molar-refractivity contribution in [3.8, 4) is 5.75 Å². The van der Waals surface area contributed by atoms with E-state index in [-0.39, 0.29) is 6.42 Å². The van der Waals surface area contributed by atoms with E-state index in [2.05, 4.69) is 0 Å². The van der Waals surface area contributed by atoms with Gasteiger partial charge in [-0.3, -0.25) is 4.79 Å². The fourth-order valence-corrected chi connectivity index (χ4v) is 2.95. The Balaban J connectivity index is 1.87. The van der Waals surface area contributed by atoms with Gasteiger partial charge in [0.1, 0.15) is 11.8 Å². The fourth-order valence-electron chi connectivity index (χ4n) is 2.95. The fraction of sp³-hybridized carbons (Fsp3) is 0.500. The largest absolute Gasteiger partial charge is 0.493 e. The van der Waals surface area contributed by atoms with Gasteiger partial charge in [0, 0.05) is 6.42 Å². The van der Waals surface area contributed by atoms with Crippen molar-refractivity contribution < 1.29 is 29.3 Å². The minimum atomic E-state index is -1.71. The Morgan fingerprint density at radius 2 is 1.72 bits per heavy atom. The normalized spacial score (nSPS) is 16.0. The van der Waals surface area contributed by atoms with E-state index in [1.807, 2.05) is 5.32 Å². The monoisotopic (exact) mass is 349 g/mol. The molecule has 0 aliphatic heterocycles. The summed E-state index contributed by atoms with van der Waals surface area (Å²) in [6.45, 7) is 0.686. The van der Waals surface area contributed by atoms with Crippen LogP contribution in [0.1, 0.15) is 37.7 Å². The second kappa shape index (κ2) is 9.05. The summed E-state index contributed by atoms with van der Waals surface area (Å²) in [4.78, 5) is 32.9. The second-order valence-corrected chi connectivity index (χ2v) is 6.33. The Morgan fingerprint density at radius 1 is 1.08 bits per heavy atom. The second-order valence-electron chi connectivity index (χ2n) is 6.33. The van der Waals surface area contributed by atoms with Gasteiger partial charge in [0.15, 0.2) is 0 Å². The van der Waals surface area contributed by atoms with Gasteiger partial charge in [-0.2, -0.15) is 0 Å². The highest BCUT2D eigenvalue weighted by Gasteiger charge is 2.23. The maximum Gasteiger partial charge on any atom is 0.394 e. The molecule has 0 aromatic heterocycles. The van der Waals surface area contributed by atoms with Crippen LogP contribution in [0.2, 0.25) is 0 Å². The number of amides is 1. The number of benzene rings is 1. The summed E-state index contributed by atoms with van der Waals surface area (Å²) in [7, 11) is 0. The SMILES string of the molecule is O=C(O)C(=O)N[C@H](Cc1ccc(OCC2CCCCC2)cc1)C(=O)O. The summed E-state index contributed by atoms with van der Waals surface area (Å²) in [6, 6.07) is 5.67. The summed E-state index contributed by atoms with van der Waals surface area (Å²) < 4.78 is 5.79. The first-order valence-electron chi connectivity index (χ1n) is 8.44. The molecular weight excluding hydrogens is 326 g/mol. The van der Waals surface area contributed by atoms with Crippen LogP contribution in [0.25, 0.3) is 0 Å². The lowest BCUT2D eigenvalue weighted by atomic mass is 9.90. The zero-order valence-electron chi connectivity index (χ0n) is 13.9. The zero-order valence-corrected chi connectivity index (χ0v) is 13.9. The third kappa shape index (κ3) is 6.10. The highest BCUT2D eigenvalue weighted by atomic mass is 16.5. The van der Waals surface area contributed by atoms with Crippen LogP contribution in [0.4, 0.5) is 0 Å². The molecule has 0 radical (unpaired) electrons. The Morgan fingerprint density at radius 3 is 2.28 bits per heavy atom. The van der Waals surface area contributed by atoms with Gasteiger partial charge >= 0.3 is 17.8 Å². The number of nitrogens with one attached hydrogen (secondary N) is 1. The Bertz CT molecular complexity index is 606. The quantitative estimate of drug-likeness (QED) is 0.648. The molecule has 3 N–H and O–H groups in total. The van der Waals surface area contributed by atoms with E-state index < -0.39 is 23.9 Å². The number of carbonyl (C=O) groups excluding carboxylic acids is 1. The number of ether oxygens (including phenoxy) is 1. The van der Waals surface area contributed by atoms with Gasteiger partial charge in [-0.15, -0.1) is 0 Å². The minimum Gasteiger partial charge on any atom is -0.493 e. The van der Waals surface area contributed by atoms with Crippen molar-refractivity contribution in [2.24, 2.45) is 5.92 Å². The number of hydrogen-bond acceptors (Lipinski definition) is 4. The molecule has 2 rings (SSSR count). The first-order valence-corrected chi connectivity index (χ1v) is 8.44. The molecule has 0 saturated heterocycles. The van der Waals surface area contributed by atoms with E-state index in [0.29, 0.717) is 18.1 Å². The summed E-state index contributed by atoms with van der Waals surface area (Å²) in [5.41, 5.74) is 0.670. The van der Waals surface area contributed by atoms with Gasteiger partial charge in [0.05, 0.1) is 6.61 Å². The van der Waals surface area contributed by atoms with Gasteiger partial charge in [0.25, 0.3) is 0 Å². The summed E-state index contributed by atoms with van der Waals surface area (Å²) >= 11 is 0. The molecule has 1 aliphatic carbocycles. The molecule has 1 aromatic rings. The number of aliphatic carboxylic acids is 2. The van der Waals surface area contributed by atoms with E-state index in [4.69, 9.17) is 14.9 Å². The van der Waals surface area contributed by atoms with E-state index >= 15 is 0 Å². The first kappa shape index (κ1) is 18.8. The lowest BCUT2D eigenvalue weighted by Gasteiger charge is -2.21. The standard InChI is InChI=1S/C18H23NO6/c20-16(18(23)24)19-15(17(21)22)10-12-6-8-14(9-7-12)25-11-13-4-2-1-3-5-13/h6-9,13,15H,1-5,10-11H2,(H,19,20)(H,21,22)(H,23,24)/t15-/m1/s1. The van der Waals surface area contributed by atoms with Gasteiger partial charge in [-0.05, 0) is 36.5 Å². The number of rotatable bonds is 7. The molecule has 0 heterocycles. The number of carboxylic acid groups (broad SMARTS) is 2. The molecule has 1 amide bonds. The van der Waals surface area contributed by atoms with Crippen LogP contribution in [0, 0.1) is 5.92 Å². The van der Waals surface area contributed by atoms with Crippen LogP contribution in [-0.4, -0.2) is 40.7 Å². The molecule has 0 bridgehead atoms. The maximum atomic E-state index is 11.2. The molecular formula is C18H23NO6. The van der Waals surface area contributed by atoms with Crippen LogP contribution in [0.3, 0.4) is 0 Å². The predicted molar refractivity (Wildman–Crippen MR) is 89.4 cm³/mol. The molecule has 136 valence electrons. The molecule has 0 unspecified atom stereocenters. The highest BCUT2D eigenvalue weighted by molar-refractivity contribution is 6.31. The predicted octanol–water partition coefficient (Wildman–Crippen LogP) is 1.84. The van der Waals surface area contributed by atoms with Crippen molar-refractivity contribution in [3.05, 3.63) is 29.8 Å². The Hall–Kier alpha value is -2.57. The molecule has 1 atom stereocenters. The van der Waals surface area contributed by atoms with Crippen molar-refractivity contribution in [2.45, 2.75) is 44.6 Å². The number of carboxylic acids is 2. The lowest BCUT2D eigenvalue weighted by molar-refractivity contribution is -0.152. The Kier molecular flexibility index (Phi) is 6.80. The van der Waals surface area contributed by atoms with Gasteiger partial charge < -0.3 is 20.3 Å². The smallest absolute Gasteiger partial charge is 0.394 e. The van der Waals surface area contributed by atoms with Crippen LogP contribution in [0.15, 0.2) is 24.3 Å². The molecule has 0 spiro atoms. The molecule has 7 heteroatoms. The summed E-state index contributed by atoms with van der Waals surface area (Å²) in [5.74, 6) is -3.02. The van der Waals surface area contributed by atoms with Gasteiger partial charge in [-0.1, -0.05) is 31.4 Å². The first-order chi connectivity index (χ1) is 12.0. The van der Waals surface area contributed by atoms with Crippen LogP contribution in [-0.2, 0) is 20.8 Å². The molecule has 1 aliphatic rings. The van der Waals surface area contributed by atoms with E-state index in [1.165, 1.54) is 32.1 Å². The number of hydrogen-bond donors (Lipinski definition) is 3. The maximum absolute atomic E-state index is 11.2. The average Bonchev–Trinajstić information content (AvgIpc) is 2.61. The van der Waals surface area contributed by atoms with Crippen molar-refractivity contribution >= 4 is 17.8 Å². The average molecular weight is 349 g/mol. The molecule has 25 heavy (non-hydrogen) atoms. The molecule has 1 aromatic carbocycles. The Labute approximate surface area is 146 Å². The third-order valence-corrected chi connectivity index (χ3v) is 4.37. The molecule has 1 saturated carbocycles. The van der Waals surface area contributed by atoms with E-state index in [9.17, 15) is 14.4 Å². The van der Waals surface area contributed by atoms with Gasteiger partial charge in [-0.25, -0.2) is 9.59 Å². The van der Waals surface area contributed by atoms with Crippen molar-refractivity contribution in [1.82, 2.24) is 5.32 Å². The van der Waals surface area contributed by atoms with E-state index in [0.717, 1.165) is 5.75 Å². The summed E-state index contributed by atoms with van der Waals surface area (Å²) in [6.07, 6.45) is 6.20. The highest BCUT2D eigenvalue weighted by Crippen LogP contribution is 2.24. The summed E-state index contributed by atoms with van der Waals surface area (Å²) in [5, 5.41) is 19.7. The van der Waals surface area contributed by atoms with Crippen LogP contribution >= 0.6 is 0 Å². The molecule has 7 nitrogen and oxygen atoms in total. The van der Waals surface area contributed by atoms with E-state index in [1.54, 1.807) is 24.3 Å². The van der Waals surface area contributed by atoms with Crippen LogP contribution in [0.5, 0.6) is 5.75 Å². The van der Waals surface area contributed by atoms with Crippen molar-refractivity contribution in [1.29, 1.82) is 0 Å². The minimum absolute atomic E-state index is 0.00272. The van der Waals surface area contributed by atoms with Gasteiger partial charge in [0.2, 0.25) is 0 Å². The third-order valence-electron chi connectivity index (χ3n) is 4.37. The number of carbonyl (C=O) groups is 3. The van der Waals surface area contributed by atoms with Crippen LogP contribution < -0.4 is 10.1 Å². The van der Waals surface area contributed by atoms with Crippen molar-refractivity contribution in [2.75, 3.05) is 6.61 Å².